The maximum absolute atomic E-state index is 11.3. The molecule has 0 saturated heterocycles. The molecule has 0 aliphatic rings. The Morgan fingerprint density at radius 3 is 2.86 bits per heavy atom. The molecular weight excluding hydrogens is 304 g/mol. The van der Waals surface area contributed by atoms with Gasteiger partial charge in [-0.25, -0.2) is 14.8 Å². The minimum atomic E-state index is -1.11. The first-order chi connectivity index (χ1) is 10.5. The third-order valence-electron chi connectivity index (χ3n) is 2.77. The van der Waals surface area contributed by atoms with Gasteiger partial charge >= 0.3 is 5.97 Å². The number of carboxylic acids is 1. The summed E-state index contributed by atoms with van der Waals surface area (Å²) in [4.78, 5) is 19.4. The molecule has 0 amide bonds. The number of carboxylic acid groups (broad SMARTS) is 1. The number of nitrogens with two attached hydrogens (primary N) is 1. The highest BCUT2D eigenvalue weighted by atomic mass is 32.2. The van der Waals surface area contributed by atoms with Gasteiger partial charge in [0.05, 0.1) is 18.0 Å². The van der Waals surface area contributed by atoms with Crippen LogP contribution in [0, 0.1) is 0 Å². The molecule has 2 aromatic rings. The zero-order valence-corrected chi connectivity index (χ0v) is 13.0. The summed E-state index contributed by atoms with van der Waals surface area (Å²) < 4.78 is 5.36. The van der Waals surface area contributed by atoms with Crippen LogP contribution in [0.4, 0.5) is 17.2 Å². The monoisotopic (exact) mass is 320 g/mol. The van der Waals surface area contributed by atoms with Crippen LogP contribution in [0.5, 0.6) is 5.75 Å². The first-order valence-corrected chi connectivity index (χ1v) is 7.71. The van der Waals surface area contributed by atoms with Gasteiger partial charge in [-0.15, -0.1) is 0 Å². The summed E-state index contributed by atoms with van der Waals surface area (Å²) in [6.07, 6.45) is 3.08. The van der Waals surface area contributed by atoms with Crippen LogP contribution < -0.4 is 15.8 Å². The summed E-state index contributed by atoms with van der Waals surface area (Å²) in [5.41, 5.74) is 6.92. The topological polar surface area (TPSA) is 110 Å². The first-order valence-electron chi connectivity index (χ1n) is 6.48. The van der Waals surface area contributed by atoms with Crippen molar-refractivity contribution in [2.45, 2.75) is 12.1 Å². The average Bonchev–Trinajstić information content (AvgIpc) is 2.50. The van der Waals surface area contributed by atoms with Gasteiger partial charge < -0.3 is 20.9 Å². The predicted octanol–water partition coefficient (Wildman–Crippen LogP) is 2.62. The normalized spacial score (nSPS) is 10.3. The maximum Gasteiger partial charge on any atom is 0.341 e. The zero-order valence-electron chi connectivity index (χ0n) is 12.2. The number of nitrogen functional groups attached to an aromatic ring is 1. The third kappa shape index (κ3) is 3.59. The Hall–Kier alpha value is -2.48. The quantitative estimate of drug-likeness (QED) is 0.423. The van der Waals surface area contributed by atoms with E-state index in [4.69, 9.17) is 10.5 Å². The molecule has 0 fully saturated rings. The fraction of sp³-hybridized carbons (Fsp3) is 0.214. The lowest BCUT2D eigenvalue weighted by Crippen LogP contribution is -2.08. The van der Waals surface area contributed by atoms with E-state index in [1.807, 2.05) is 13.2 Å². The number of aromatic carboxylic acids is 1. The summed E-state index contributed by atoms with van der Waals surface area (Å²) in [5.74, 6) is -0.265. The van der Waals surface area contributed by atoms with E-state index in [0.29, 0.717) is 28.9 Å². The number of nitrogens with zero attached hydrogens (tertiary/aromatic N) is 2. The number of hydrogen-bond acceptors (Lipinski definition) is 7. The first kappa shape index (κ1) is 15.9. The lowest BCUT2D eigenvalue weighted by atomic mass is 10.2. The molecule has 0 bridgehead atoms. The van der Waals surface area contributed by atoms with Crippen LogP contribution in [0.2, 0.25) is 0 Å². The molecule has 0 aliphatic carbocycles. The molecule has 0 aliphatic heterocycles. The van der Waals surface area contributed by atoms with Crippen molar-refractivity contribution < 1.29 is 14.6 Å². The van der Waals surface area contributed by atoms with Crippen LogP contribution in [0.3, 0.4) is 0 Å². The Labute approximate surface area is 131 Å². The smallest absolute Gasteiger partial charge is 0.341 e. The largest absolute Gasteiger partial charge is 0.494 e. The van der Waals surface area contributed by atoms with Gasteiger partial charge in [0.15, 0.2) is 5.16 Å². The minimum Gasteiger partial charge on any atom is -0.494 e. The highest BCUT2D eigenvalue weighted by molar-refractivity contribution is 7.98. The molecule has 0 radical (unpaired) electrons. The molecular formula is C14H16N4O3S. The lowest BCUT2D eigenvalue weighted by molar-refractivity contribution is 0.0697. The number of ether oxygens (including phenoxy) is 1. The molecule has 0 atom stereocenters. The van der Waals surface area contributed by atoms with E-state index in [2.05, 4.69) is 15.3 Å². The van der Waals surface area contributed by atoms with E-state index < -0.39 is 5.97 Å². The van der Waals surface area contributed by atoms with Crippen molar-refractivity contribution in [1.29, 1.82) is 0 Å². The van der Waals surface area contributed by atoms with Crippen molar-refractivity contribution in [2.24, 2.45) is 0 Å². The van der Waals surface area contributed by atoms with Gasteiger partial charge in [-0.05, 0) is 25.3 Å². The Kier molecular flexibility index (Phi) is 5.05. The van der Waals surface area contributed by atoms with E-state index >= 15 is 0 Å². The second-order valence-electron chi connectivity index (χ2n) is 4.23. The molecule has 22 heavy (non-hydrogen) atoms. The maximum atomic E-state index is 11.3. The van der Waals surface area contributed by atoms with Crippen molar-refractivity contribution in [3.05, 3.63) is 30.0 Å². The SMILES string of the molecule is CCOc1ccc(Nc2nc(SC)ncc2C(=O)O)c(N)c1. The third-order valence-corrected chi connectivity index (χ3v) is 3.33. The van der Waals surface area contributed by atoms with Crippen molar-refractivity contribution in [2.75, 3.05) is 23.9 Å². The summed E-state index contributed by atoms with van der Waals surface area (Å²) >= 11 is 1.32. The number of carbonyl (C=O) groups is 1. The Morgan fingerprint density at radius 2 is 2.27 bits per heavy atom. The van der Waals surface area contributed by atoms with Gasteiger partial charge in [0, 0.05) is 12.3 Å². The molecule has 4 N–H and O–H groups in total. The van der Waals surface area contributed by atoms with E-state index in [1.54, 1.807) is 18.2 Å². The molecule has 0 saturated carbocycles. The molecule has 1 aromatic heterocycles. The number of rotatable bonds is 6. The molecule has 1 heterocycles. The highest BCUT2D eigenvalue weighted by Crippen LogP contribution is 2.28. The summed E-state index contributed by atoms with van der Waals surface area (Å²) in [7, 11) is 0. The molecule has 2 rings (SSSR count). The van der Waals surface area contributed by atoms with Crippen molar-refractivity contribution >= 4 is 34.9 Å². The van der Waals surface area contributed by atoms with Crippen molar-refractivity contribution in [1.82, 2.24) is 9.97 Å². The highest BCUT2D eigenvalue weighted by Gasteiger charge is 2.15. The summed E-state index contributed by atoms with van der Waals surface area (Å²) in [6, 6.07) is 5.13. The number of nitrogens with one attached hydrogen (secondary N) is 1. The molecule has 116 valence electrons. The number of aromatic nitrogens is 2. The van der Waals surface area contributed by atoms with Gasteiger partial charge in [0.1, 0.15) is 17.1 Å². The van der Waals surface area contributed by atoms with Gasteiger partial charge in [0.25, 0.3) is 0 Å². The van der Waals surface area contributed by atoms with Crippen LogP contribution in [0.25, 0.3) is 0 Å². The van der Waals surface area contributed by atoms with E-state index in [9.17, 15) is 9.90 Å². The Balaban J connectivity index is 2.35. The number of anilines is 3. The second-order valence-corrected chi connectivity index (χ2v) is 5.00. The standard InChI is InChI=1S/C14H16N4O3S/c1-3-21-8-4-5-11(10(15)6-8)17-12-9(13(19)20)7-16-14(18-12)22-2/h4-7H,3,15H2,1-2H3,(H,19,20)(H,16,17,18). The fourth-order valence-corrected chi connectivity index (χ4v) is 2.10. The van der Waals surface area contributed by atoms with Gasteiger partial charge in [-0.2, -0.15) is 0 Å². The van der Waals surface area contributed by atoms with Crippen LogP contribution >= 0.6 is 11.8 Å². The fourth-order valence-electron chi connectivity index (χ4n) is 1.75. The number of benzene rings is 1. The minimum absolute atomic E-state index is 0.0221. The number of hydrogen-bond donors (Lipinski definition) is 3. The summed E-state index contributed by atoms with van der Waals surface area (Å²) in [5, 5.41) is 12.6. The van der Waals surface area contributed by atoms with E-state index in [1.165, 1.54) is 18.0 Å². The van der Waals surface area contributed by atoms with Gasteiger partial charge in [0.2, 0.25) is 0 Å². The van der Waals surface area contributed by atoms with Crippen molar-refractivity contribution in [3.63, 3.8) is 0 Å². The van der Waals surface area contributed by atoms with E-state index in [0.717, 1.165) is 0 Å². The van der Waals surface area contributed by atoms with Crippen LogP contribution in [-0.2, 0) is 0 Å². The second kappa shape index (κ2) is 6.99. The zero-order chi connectivity index (χ0) is 16.1. The molecule has 8 heteroatoms. The Morgan fingerprint density at radius 1 is 1.50 bits per heavy atom. The summed E-state index contributed by atoms with van der Waals surface area (Å²) in [6.45, 7) is 2.42. The van der Waals surface area contributed by atoms with Crippen LogP contribution in [0.1, 0.15) is 17.3 Å². The van der Waals surface area contributed by atoms with Gasteiger partial charge in [-0.1, -0.05) is 11.8 Å². The molecule has 0 spiro atoms. The van der Waals surface area contributed by atoms with E-state index in [-0.39, 0.29) is 11.4 Å². The van der Waals surface area contributed by atoms with Gasteiger partial charge in [-0.3, -0.25) is 0 Å². The predicted molar refractivity (Wildman–Crippen MR) is 86.1 cm³/mol. The molecule has 7 nitrogen and oxygen atoms in total. The Bertz CT molecular complexity index is 694. The van der Waals surface area contributed by atoms with Crippen LogP contribution in [0.15, 0.2) is 29.6 Å². The number of thioether (sulfide) groups is 1. The van der Waals surface area contributed by atoms with Crippen LogP contribution in [-0.4, -0.2) is 33.9 Å². The lowest BCUT2D eigenvalue weighted by Gasteiger charge is -2.12. The van der Waals surface area contributed by atoms with Crippen molar-refractivity contribution in [3.8, 4) is 5.75 Å². The molecule has 1 aromatic carbocycles. The molecule has 0 unspecified atom stereocenters. The average molecular weight is 320 g/mol.